The lowest BCUT2D eigenvalue weighted by molar-refractivity contribution is 0.0408. The van der Waals surface area contributed by atoms with Gasteiger partial charge >= 0.3 is 0 Å². The molecule has 1 fully saturated rings. The highest BCUT2D eigenvalue weighted by atomic mass is 35.5. The van der Waals surface area contributed by atoms with Crippen molar-refractivity contribution in [2.45, 2.75) is 5.75 Å². The fourth-order valence-electron chi connectivity index (χ4n) is 4.20. The number of ether oxygens (including phenoxy) is 1. The van der Waals surface area contributed by atoms with Gasteiger partial charge in [0.15, 0.2) is 9.84 Å². The number of hydrogen-bond donors (Lipinski definition) is 1. The number of pyridine rings is 1. The molecule has 0 amide bonds. The summed E-state index contributed by atoms with van der Waals surface area (Å²) in [5, 5.41) is 4.01. The van der Waals surface area contributed by atoms with Gasteiger partial charge in [0.1, 0.15) is 23.1 Å². The monoisotopic (exact) mass is 575 g/mol. The Balaban J connectivity index is 1.40. The second-order valence-electron chi connectivity index (χ2n) is 8.93. The summed E-state index contributed by atoms with van der Waals surface area (Å²) in [6.07, 6.45) is 3.03. The summed E-state index contributed by atoms with van der Waals surface area (Å²) in [5.41, 5.74) is 3.18. The van der Waals surface area contributed by atoms with Gasteiger partial charge < -0.3 is 10.1 Å². The highest BCUT2D eigenvalue weighted by Gasteiger charge is 2.19. The average molecular weight is 576 g/mol. The van der Waals surface area contributed by atoms with Gasteiger partial charge in [0.2, 0.25) is 0 Å². The first-order valence-corrected chi connectivity index (χ1v) is 14.5. The Labute approximate surface area is 229 Å². The number of benzene rings is 2. The van der Waals surface area contributed by atoms with E-state index >= 15 is 0 Å². The Bertz CT molecular complexity index is 1580. The van der Waals surface area contributed by atoms with E-state index in [0.29, 0.717) is 53.3 Å². The number of halogens is 3. The van der Waals surface area contributed by atoms with Crippen molar-refractivity contribution in [2.24, 2.45) is 0 Å². The predicted molar refractivity (Wildman–Crippen MR) is 147 cm³/mol. The van der Waals surface area contributed by atoms with Gasteiger partial charge in [-0.25, -0.2) is 27.8 Å². The second kappa shape index (κ2) is 11.5. The van der Waals surface area contributed by atoms with E-state index in [1.165, 1.54) is 18.5 Å². The third kappa shape index (κ3) is 6.39. The molecule has 1 aliphatic rings. The molecule has 5 rings (SSSR count). The smallest absolute Gasteiger partial charge is 0.155 e. The first kappa shape index (κ1) is 26.7. The molecule has 4 aromatic rings. The minimum atomic E-state index is -3.41. The third-order valence-electron chi connectivity index (χ3n) is 6.26. The van der Waals surface area contributed by atoms with E-state index < -0.39 is 15.7 Å². The minimum absolute atomic E-state index is 0.00582. The number of morpholine rings is 1. The Morgan fingerprint density at radius 2 is 1.82 bits per heavy atom. The molecule has 0 bridgehead atoms. The average Bonchev–Trinajstić information content (AvgIpc) is 2.91. The van der Waals surface area contributed by atoms with Crippen LogP contribution in [0, 0.1) is 5.82 Å². The number of sulfone groups is 1. The zero-order chi connectivity index (χ0) is 26.7. The lowest BCUT2D eigenvalue weighted by Gasteiger charge is -2.26. The molecular weight excluding hydrogens is 552 g/mol. The summed E-state index contributed by atoms with van der Waals surface area (Å²) < 4.78 is 44.7. The van der Waals surface area contributed by atoms with Crippen LogP contribution in [0.3, 0.4) is 0 Å². The summed E-state index contributed by atoms with van der Waals surface area (Å²) in [4.78, 5) is 15.0. The van der Waals surface area contributed by atoms with Crippen LogP contribution in [0.5, 0.6) is 0 Å². The largest absolute Gasteiger partial charge is 0.379 e. The molecule has 0 saturated carbocycles. The van der Waals surface area contributed by atoms with E-state index in [-0.39, 0.29) is 21.7 Å². The van der Waals surface area contributed by atoms with Crippen LogP contribution in [0.2, 0.25) is 10.2 Å². The standard InChI is InChI=1S/C26H24Cl2FN5O3S/c27-22-13-20(2-3-23(22)29)33-26-21-12-17(1-4-24(21)31-16-32-26)18-11-19(25(28)30-14-18)15-38(35,36)10-7-34-5-8-37-9-6-34/h1-4,11-14,16H,5-10,15H2,(H,31,32,33). The van der Waals surface area contributed by atoms with Crippen molar-refractivity contribution >= 4 is 55.4 Å². The summed E-state index contributed by atoms with van der Waals surface area (Å²) in [6, 6.07) is 11.6. The second-order valence-corrected chi connectivity index (χ2v) is 11.9. The first-order chi connectivity index (χ1) is 18.3. The Morgan fingerprint density at radius 3 is 2.61 bits per heavy atom. The molecule has 0 atom stereocenters. The van der Waals surface area contributed by atoms with Crippen molar-refractivity contribution in [3.8, 4) is 11.1 Å². The number of rotatable bonds is 8. The molecule has 1 saturated heterocycles. The molecule has 0 spiro atoms. The molecule has 0 aliphatic carbocycles. The Kier molecular flexibility index (Phi) is 8.06. The predicted octanol–water partition coefficient (Wildman–Crippen LogP) is 5.13. The van der Waals surface area contributed by atoms with Crippen LogP contribution >= 0.6 is 23.2 Å². The molecule has 1 N–H and O–H groups in total. The fourth-order valence-corrected chi connectivity index (χ4v) is 6.01. The summed E-state index contributed by atoms with van der Waals surface area (Å²) in [5.74, 6) is -0.177. The number of hydrogen-bond acceptors (Lipinski definition) is 8. The van der Waals surface area contributed by atoms with E-state index in [9.17, 15) is 12.8 Å². The Hall–Kier alpha value is -2.89. The normalized spacial score (nSPS) is 14.6. The number of aromatic nitrogens is 3. The van der Waals surface area contributed by atoms with E-state index in [1.54, 1.807) is 18.3 Å². The van der Waals surface area contributed by atoms with Crippen molar-refractivity contribution in [3.05, 3.63) is 76.5 Å². The molecule has 0 radical (unpaired) electrons. The topological polar surface area (TPSA) is 97.3 Å². The number of nitrogens with zero attached hydrogens (tertiary/aromatic N) is 4. The highest BCUT2D eigenvalue weighted by Crippen LogP contribution is 2.31. The molecular formula is C26H24Cl2FN5O3S. The molecule has 3 heterocycles. The molecule has 0 unspecified atom stereocenters. The van der Waals surface area contributed by atoms with Gasteiger partial charge in [0, 0.05) is 48.0 Å². The molecule has 12 heteroatoms. The number of fused-ring (bicyclic) bond motifs is 1. The van der Waals surface area contributed by atoms with E-state index in [1.807, 2.05) is 18.2 Å². The lowest BCUT2D eigenvalue weighted by Crippen LogP contribution is -2.39. The Morgan fingerprint density at radius 1 is 1.00 bits per heavy atom. The van der Waals surface area contributed by atoms with Crippen molar-refractivity contribution < 1.29 is 17.5 Å². The third-order valence-corrected chi connectivity index (χ3v) is 8.45. The lowest BCUT2D eigenvalue weighted by atomic mass is 10.0. The van der Waals surface area contributed by atoms with Gasteiger partial charge in [-0.15, -0.1) is 0 Å². The van der Waals surface area contributed by atoms with E-state index in [4.69, 9.17) is 27.9 Å². The van der Waals surface area contributed by atoms with Crippen LogP contribution in [0.15, 0.2) is 55.0 Å². The number of anilines is 2. The highest BCUT2D eigenvalue weighted by molar-refractivity contribution is 7.90. The fraction of sp³-hybridized carbons (Fsp3) is 0.269. The van der Waals surface area contributed by atoms with Crippen molar-refractivity contribution in [1.29, 1.82) is 0 Å². The molecule has 2 aromatic carbocycles. The van der Waals surface area contributed by atoms with Crippen LogP contribution in [-0.2, 0) is 20.3 Å². The molecule has 198 valence electrons. The summed E-state index contributed by atoms with van der Waals surface area (Å²) >= 11 is 12.2. The maximum absolute atomic E-state index is 13.6. The van der Waals surface area contributed by atoms with E-state index in [0.717, 1.165) is 18.7 Å². The molecule has 8 nitrogen and oxygen atoms in total. The van der Waals surface area contributed by atoms with Crippen LogP contribution in [0.1, 0.15) is 5.56 Å². The molecule has 2 aromatic heterocycles. The van der Waals surface area contributed by atoms with Gasteiger partial charge in [0.05, 0.1) is 35.3 Å². The zero-order valence-corrected chi connectivity index (χ0v) is 22.5. The number of nitrogens with one attached hydrogen (secondary N) is 1. The quantitative estimate of drug-likeness (QED) is 0.289. The molecule has 38 heavy (non-hydrogen) atoms. The first-order valence-electron chi connectivity index (χ1n) is 11.9. The van der Waals surface area contributed by atoms with Crippen LogP contribution in [-0.4, -0.2) is 66.9 Å². The summed E-state index contributed by atoms with van der Waals surface area (Å²) in [6.45, 7) is 3.14. The van der Waals surface area contributed by atoms with Gasteiger partial charge in [-0.2, -0.15) is 0 Å². The zero-order valence-electron chi connectivity index (χ0n) is 20.2. The van der Waals surface area contributed by atoms with Gasteiger partial charge in [-0.3, -0.25) is 4.90 Å². The van der Waals surface area contributed by atoms with Gasteiger partial charge in [0.25, 0.3) is 0 Å². The van der Waals surface area contributed by atoms with Crippen LogP contribution < -0.4 is 5.32 Å². The van der Waals surface area contributed by atoms with Gasteiger partial charge in [-0.05, 0) is 42.0 Å². The SMILES string of the molecule is O=S(=O)(CCN1CCOCC1)Cc1cc(-c2ccc3ncnc(Nc4ccc(F)c(Cl)c4)c3c2)cnc1Cl. The van der Waals surface area contributed by atoms with Gasteiger partial charge in [-0.1, -0.05) is 29.3 Å². The van der Waals surface area contributed by atoms with Crippen LogP contribution in [0.25, 0.3) is 22.0 Å². The van der Waals surface area contributed by atoms with Crippen molar-refractivity contribution in [3.63, 3.8) is 0 Å². The van der Waals surface area contributed by atoms with E-state index in [2.05, 4.69) is 25.2 Å². The maximum atomic E-state index is 13.6. The van der Waals surface area contributed by atoms with Crippen molar-refractivity contribution in [1.82, 2.24) is 19.9 Å². The van der Waals surface area contributed by atoms with Crippen LogP contribution in [0.4, 0.5) is 15.9 Å². The molecule has 1 aliphatic heterocycles. The minimum Gasteiger partial charge on any atom is -0.379 e. The van der Waals surface area contributed by atoms with Crippen molar-refractivity contribution in [2.75, 3.05) is 43.9 Å². The maximum Gasteiger partial charge on any atom is 0.155 e. The summed E-state index contributed by atoms with van der Waals surface area (Å²) in [7, 11) is -3.41.